The predicted molar refractivity (Wildman–Crippen MR) is 139 cm³/mol. The molecule has 2 aliphatic rings. The van der Waals surface area contributed by atoms with Gasteiger partial charge in [0.05, 0.1) is 46.7 Å². The van der Waals surface area contributed by atoms with Crippen molar-refractivity contribution in [3.8, 4) is 23.0 Å². The summed E-state index contributed by atoms with van der Waals surface area (Å²) in [5, 5.41) is 6.36. The standard InChI is InChI=1S/C27H34N4O6/c1-18(32)30-12-10-29(11-13-30)17-27(33)31-24(22-14-19(34-2)7-9-25(22)36-4)16-23(28-31)21-8-6-20(35-3)15-26(21)37-5/h6-9,14-15,24H,10-13,16-17H2,1-5H3/t24-/m1/s1. The zero-order chi connectivity index (χ0) is 26.5. The van der Waals surface area contributed by atoms with Gasteiger partial charge in [-0.05, 0) is 30.3 Å². The summed E-state index contributed by atoms with van der Waals surface area (Å²) in [6.07, 6.45) is 0.468. The van der Waals surface area contributed by atoms with Crippen molar-refractivity contribution in [3.05, 3.63) is 47.5 Å². The third-order valence-electron chi connectivity index (χ3n) is 6.86. The number of hydrogen-bond acceptors (Lipinski definition) is 8. The molecule has 0 aliphatic carbocycles. The maximum atomic E-state index is 13.7. The first kappa shape index (κ1) is 26.3. The number of carbonyl (C=O) groups excluding carboxylic acids is 2. The summed E-state index contributed by atoms with van der Waals surface area (Å²) in [7, 11) is 6.41. The van der Waals surface area contributed by atoms with Crippen LogP contribution < -0.4 is 18.9 Å². The number of hydrazone groups is 1. The van der Waals surface area contributed by atoms with Crippen LogP contribution in [0.25, 0.3) is 0 Å². The lowest BCUT2D eigenvalue weighted by Crippen LogP contribution is -2.50. The molecule has 2 amide bonds. The normalized spacial score (nSPS) is 17.9. The topological polar surface area (TPSA) is 93.1 Å². The summed E-state index contributed by atoms with van der Waals surface area (Å²) in [5.41, 5.74) is 2.33. The van der Waals surface area contributed by atoms with E-state index >= 15 is 0 Å². The van der Waals surface area contributed by atoms with Crippen LogP contribution in [0.5, 0.6) is 23.0 Å². The van der Waals surface area contributed by atoms with Gasteiger partial charge in [0.1, 0.15) is 23.0 Å². The number of amides is 2. The Kier molecular flexibility index (Phi) is 8.17. The minimum absolute atomic E-state index is 0.0541. The third-order valence-corrected chi connectivity index (χ3v) is 6.86. The Hall–Kier alpha value is -3.79. The van der Waals surface area contributed by atoms with Gasteiger partial charge < -0.3 is 23.8 Å². The SMILES string of the molecule is COc1ccc(C2=NN(C(=O)CN3CCN(C(C)=O)CC3)[C@@H](c3cc(OC)ccc3OC)C2)c(OC)c1. The minimum atomic E-state index is -0.391. The van der Waals surface area contributed by atoms with E-state index in [1.807, 2.05) is 30.3 Å². The van der Waals surface area contributed by atoms with Gasteiger partial charge in [0, 0.05) is 56.7 Å². The van der Waals surface area contributed by atoms with Crippen LogP contribution in [0, 0.1) is 0 Å². The number of carbonyl (C=O) groups is 2. The van der Waals surface area contributed by atoms with Gasteiger partial charge in [-0.1, -0.05) is 0 Å². The van der Waals surface area contributed by atoms with Crippen molar-refractivity contribution in [2.24, 2.45) is 5.10 Å². The van der Waals surface area contributed by atoms with Crippen LogP contribution in [-0.4, -0.2) is 93.5 Å². The molecule has 198 valence electrons. The monoisotopic (exact) mass is 510 g/mol. The van der Waals surface area contributed by atoms with Crippen LogP contribution in [0.1, 0.15) is 30.5 Å². The molecule has 4 rings (SSSR count). The number of ether oxygens (including phenoxy) is 4. The molecular formula is C27H34N4O6. The lowest BCUT2D eigenvalue weighted by Gasteiger charge is -2.34. The van der Waals surface area contributed by atoms with Crippen molar-refractivity contribution < 1.29 is 28.5 Å². The number of rotatable bonds is 8. The molecule has 2 aromatic carbocycles. The van der Waals surface area contributed by atoms with Gasteiger partial charge in [0.2, 0.25) is 5.91 Å². The highest BCUT2D eigenvalue weighted by Gasteiger charge is 2.37. The highest BCUT2D eigenvalue weighted by molar-refractivity contribution is 6.05. The van der Waals surface area contributed by atoms with Crippen molar-refractivity contribution in [3.63, 3.8) is 0 Å². The summed E-state index contributed by atoms with van der Waals surface area (Å²) in [5.74, 6) is 2.52. The first-order valence-electron chi connectivity index (χ1n) is 12.2. The fraction of sp³-hybridized carbons (Fsp3) is 0.444. The molecule has 10 nitrogen and oxygen atoms in total. The van der Waals surface area contributed by atoms with E-state index in [1.54, 1.807) is 51.3 Å². The molecule has 1 fully saturated rings. The molecule has 0 saturated carbocycles. The van der Waals surface area contributed by atoms with Gasteiger partial charge in [-0.3, -0.25) is 14.5 Å². The summed E-state index contributed by atoms with van der Waals surface area (Å²) < 4.78 is 22.1. The minimum Gasteiger partial charge on any atom is -0.497 e. The van der Waals surface area contributed by atoms with Crippen LogP contribution in [0.4, 0.5) is 0 Å². The van der Waals surface area contributed by atoms with E-state index < -0.39 is 6.04 Å². The van der Waals surface area contributed by atoms with Crippen LogP contribution in [0.3, 0.4) is 0 Å². The second kappa shape index (κ2) is 11.5. The first-order chi connectivity index (χ1) is 17.9. The van der Waals surface area contributed by atoms with E-state index in [-0.39, 0.29) is 18.4 Å². The Balaban J connectivity index is 1.66. The van der Waals surface area contributed by atoms with Crippen molar-refractivity contribution >= 4 is 17.5 Å². The molecular weight excluding hydrogens is 476 g/mol. The lowest BCUT2D eigenvalue weighted by atomic mass is 9.96. The maximum absolute atomic E-state index is 13.7. The maximum Gasteiger partial charge on any atom is 0.257 e. The van der Waals surface area contributed by atoms with Crippen molar-refractivity contribution in [2.75, 3.05) is 61.2 Å². The molecule has 1 saturated heterocycles. The fourth-order valence-electron chi connectivity index (χ4n) is 4.77. The number of methoxy groups -OCH3 is 4. The quantitative estimate of drug-likeness (QED) is 0.539. The molecule has 10 heteroatoms. The Morgan fingerprint density at radius 3 is 2.14 bits per heavy atom. The Morgan fingerprint density at radius 1 is 0.865 bits per heavy atom. The molecule has 2 aromatic rings. The van der Waals surface area contributed by atoms with Gasteiger partial charge in [-0.2, -0.15) is 5.10 Å². The van der Waals surface area contributed by atoms with Crippen molar-refractivity contribution in [1.82, 2.24) is 14.8 Å². The van der Waals surface area contributed by atoms with E-state index in [2.05, 4.69) is 4.90 Å². The molecule has 1 atom stereocenters. The van der Waals surface area contributed by atoms with Crippen molar-refractivity contribution in [1.29, 1.82) is 0 Å². The molecule has 2 heterocycles. The van der Waals surface area contributed by atoms with Crippen LogP contribution >= 0.6 is 0 Å². The van der Waals surface area contributed by atoms with Crippen LogP contribution in [-0.2, 0) is 9.59 Å². The highest BCUT2D eigenvalue weighted by atomic mass is 16.5. The van der Waals surface area contributed by atoms with E-state index in [1.165, 1.54) is 0 Å². The van der Waals surface area contributed by atoms with E-state index in [0.29, 0.717) is 55.6 Å². The summed E-state index contributed by atoms with van der Waals surface area (Å²) in [6, 6.07) is 10.7. The molecule has 37 heavy (non-hydrogen) atoms. The summed E-state index contributed by atoms with van der Waals surface area (Å²) >= 11 is 0. The zero-order valence-electron chi connectivity index (χ0n) is 22.0. The second-order valence-corrected chi connectivity index (χ2v) is 8.96. The van der Waals surface area contributed by atoms with E-state index in [0.717, 1.165) is 16.8 Å². The number of benzene rings is 2. The Bertz CT molecular complexity index is 1180. The molecule has 0 aromatic heterocycles. The summed E-state index contributed by atoms with van der Waals surface area (Å²) in [4.78, 5) is 29.2. The Labute approximate surface area is 217 Å². The largest absolute Gasteiger partial charge is 0.497 e. The smallest absolute Gasteiger partial charge is 0.257 e. The zero-order valence-corrected chi connectivity index (χ0v) is 22.0. The molecule has 0 radical (unpaired) electrons. The number of piperazine rings is 1. The average molecular weight is 511 g/mol. The molecule has 2 aliphatic heterocycles. The lowest BCUT2D eigenvalue weighted by molar-refractivity contribution is -0.135. The molecule has 0 N–H and O–H groups in total. The number of nitrogens with zero attached hydrogens (tertiary/aromatic N) is 4. The van der Waals surface area contributed by atoms with Gasteiger partial charge in [-0.25, -0.2) is 5.01 Å². The first-order valence-corrected chi connectivity index (χ1v) is 12.2. The molecule has 0 spiro atoms. The summed E-state index contributed by atoms with van der Waals surface area (Å²) in [6.45, 7) is 4.25. The van der Waals surface area contributed by atoms with Gasteiger partial charge in [0.15, 0.2) is 0 Å². The molecule has 0 bridgehead atoms. The van der Waals surface area contributed by atoms with Gasteiger partial charge in [-0.15, -0.1) is 0 Å². The van der Waals surface area contributed by atoms with Gasteiger partial charge in [0.25, 0.3) is 5.91 Å². The predicted octanol–water partition coefficient (Wildman–Crippen LogP) is 2.56. The third kappa shape index (κ3) is 5.64. The molecule has 0 unspecified atom stereocenters. The fourth-order valence-corrected chi connectivity index (χ4v) is 4.77. The Morgan fingerprint density at radius 2 is 1.51 bits per heavy atom. The van der Waals surface area contributed by atoms with Crippen LogP contribution in [0.2, 0.25) is 0 Å². The highest BCUT2D eigenvalue weighted by Crippen LogP contribution is 2.41. The number of hydrogen-bond donors (Lipinski definition) is 0. The second-order valence-electron chi connectivity index (χ2n) is 8.96. The van der Waals surface area contributed by atoms with Gasteiger partial charge >= 0.3 is 0 Å². The average Bonchev–Trinajstić information content (AvgIpc) is 3.37. The van der Waals surface area contributed by atoms with E-state index in [9.17, 15) is 9.59 Å². The van der Waals surface area contributed by atoms with Crippen LogP contribution in [0.15, 0.2) is 41.5 Å². The van der Waals surface area contributed by atoms with Crippen molar-refractivity contribution in [2.45, 2.75) is 19.4 Å². The van der Waals surface area contributed by atoms with E-state index in [4.69, 9.17) is 24.0 Å².